The summed E-state index contributed by atoms with van der Waals surface area (Å²) in [5, 5.41) is 0. The molecule has 19 heavy (non-hydrogen) atoms. The predicted octanol–water partition coefficient (Wildman–Crippen LogP) is 3.47. The number of ether oxygens (including phenoxy) is 2. The van der Waals surface area contributed by atoms with Gasteiger partial charge in [-0.2, -0.15) is 0 Å². The molecular weight excluding hydrogens is 238 g/mol. The molecule has 3 nitrogen and oxygen atoms in total. The lowest BCUT2D eigenvalue weighted by Crippen LogP contribution is -2.01. The van der Waals surface area contributed by atoms with Gasteiger partial charge in [0.2, 0.25) is 0 Å². The Kier molecular flexibility index (Phi) is 3.95. The summed E-state index contributed by atoms with van der Waals surface area (Å²) in [5.41, 5.74) is 10.1. The zero-order valence-electron chi connectivity index (χ0n) is 11.6. The maximum atomic E-state index is 5.90. The number of hydrogen-bond acceptors (Lipinski definition) is 3. The zero-order chi connectivity index (χ0) is 13.8. The number of benzene rings is 2. The van der Waals surface area contributed by atoms with E-state index in [1.165, 1.54) is 16.7 Å². The van der Waals surface area contributed by atoms with Gasteiger partial charge in [-0.05, 0) is 37.1 Å². The molecule has 0 heterocycles. The molecular formula is C16H19NO2. The quantitative estimate of drug-likeness (QED) is 0.853. The van der Waals surface area contributed by atoms with Crippen molar-refractivity contribution in [3.05, 3.63) is 53.1 Å². The molecule has 2 aromatic carbocycles. The molecule has 0 aliphatic heterocycles. The van der Waals surface area contributed by atoms with Crippen molar-refractivity contribution >= 4 is 5.69 Å². The molecule has 0 aliphatic rings. The topological polar surface area (TPSA) is 44.5 Å². The lowest BCUT2D eigenvalue weighted by atomic mass is 10.1. The number of aryl methyl sites for hydroxylation is 2. The Morgan fingerprint density at radius 3 is 2.58 bits per heavy atom. The van der Waals surface area contributed by atoms with E-state index in [1.54, 1.807) is 19.2 Å². The first-order valence-electron chi connectivity index (χ1n) is 6.22. The van der Waals surface area contributed by atoms with Crippen molar-refractivity contribution < 1.29 is 9.47 Å². The standard InChI is InChI=1S/C16H19NO2/c1-11-4-5-12(2)13(8-11)10-19-16-9-14(18-3)6-7-15(16)17/h4-9H,10,17H2,1-3H3. The molecule has 100 valence electrons. The van der Waals surface area contributed by atoms with E-state index in [0.29, 0.717) is 18.0 Å². The summed E-state index contributed by atoms with van der Waals surface area (Å²) >= 11 is 0. The van der Waals surface area contributed by atoms with Crippen LogP contribution in [0.4, 0.5) is 5.69 Å². The van der Waals surface area contributed by atoms with Crippen molar-refractivity contribution in [3.8, 4) is 11.5 Å². The summed E-state index contributed by atoms with van der Waals surface area (Å²) in [7, 11) is 1.63. The van der Waals surface area contributed by atoms with Gasteiger partial charge in [0.05, 0.1) is 12.8 Å². The van der Waals surface area contributed by atoms with Gasteiger partial charge in [0.25, 0.3) is 0 Å². The molecule has 0 aromatic heterocycles. The number of hydrogen-bond donors (Lipinski definition) is 1. The summed E-state index contributed by atoms with van der Waals surface area (Å²) < 4.78 is 11.0. The monoisotopic (exact) mass is 257 g/mol. The highest BCUT2D eigenvalue weighted by atomic mass is 16.5. The zero-order valence-corrected chi connectivity index (χ0v) is 11.6. The highest BCUT2D eigenvalue weighted by Gasteiger charge is 2.05. The Morgan fingerprint density at radius 1 is 1.05 bits per heavy atom. The van der Waals surface area contributed by atoms with Crippen molar-refractivity contribution in [1.82, 2.24) is 0 Å². The van der Waals surface area contributed by atoms with E-state index in [0.717, 1.165) is 5.75 Å². The van der Waals surface area contributed by atoms with Crippen LogP contribution in [0.25, 0.3) is 0 Å². The van der Waals surface area contributed by atoms with Crippen LogP contribution in [0.2, 0.25) is 0 Å². The Bertz CT molecular complexity index is 579. The summed E-state index contributed by atoms with van der Waals surface area (Å²) in [6.45, 7) is 4.65. The van der Waals surface area contributed by atoms with E-state index in [2.05, 4.69) is 32.0 Å². The van der Waals surface area contributed by atoms with Crippen LogP contribution in [-0.4, -0.2) is 7.11 Å². The first-order chi connectivity index (χ1) is 9.10. The third kappa shape index (κ3) is 3.19. The van der Waals surface area contributed by atoms with E-state index in [4.69, 9.17) is 15.2 Å². The fourth-order valence-corrected chi connectivity index (χ4v) is 1.88. The molecule has 0 spiro atoms. The van der Waals surface area contributed by atoms with Crippen molar-refractivity contribution in [1.29, 1.82) is 0 Å². The molecule has 3 heteroatoms. The summed E-state index contributed by atoms with van der Waals surface area (Å²) in [6.07, 6.45) is 0. The average molecular weight is 257 g/mol. The molecule has 0 atom stereocenters. The van der Waals surface area contributed by atoms with Gasteiger partial charge in [0.15, 0.2) is 0 Å². The van der Waals surface area contributed by atoms with E-state index in [-0.39, 0.29) is 0 Å². The fourth-order valence-electron chi connectivity index (χ4n) is 1.88. The summed E-state index contributed by atoms with van der Waals surface area (Å²) in [6, 6.07) is 11.7. The molecule has 0 unspecified atom stereocenters. The number of nitrogens with two attached hydrogens (primary N) is 1. The maximum Gasteiger partial charge on any atom is 0.146 e. The molecule has 2 rings (SSSR count). The van der Waals surface area contributed by atoms with E-state index < -0.39 is 0 Å². The molecule has 0 saturated heterocycles. The van der Waals surface area contributed by atoms with Gasteiger partial charge in [-0.25, -0.2) is 0 Å². The highest BCUT2D eigenvalue weighted by Crippen LogP contribution is 2.27. The number of methoxy groups -OCH3 is 1. The first kappa shape index (κ1) is 13.3. The normalized spacial score (nSPS) is 10.3. The van der Waals surface area contributed by atoms with Gasteiger partial charge in [-0.3, -0.25) is 0 Å². The van der Waals surface area contributed by atoms with Gasteiger partial charge in [-0.15, -0.1) is 0 Å². The molecule has 0 amide bonds. The number of anilines is 1. The average Bonchev–Trinajstić information content (AvgIpc) is 2.41. The highest BCUT2D eigenvalue weighted by molar-refractivity contribution is 5.55. The second kappa shape index (κ2) is 5.65. The number of nitrogen functional groups attached to an aromatic ring is 1. The van der Waals surface area contributed by atoms with Gasteiger partial charge < -0.3 is 15.2 Å². The largest absolute Gasteiger partial charge is 0.497 e. The third-order valence-corrected chi connectivity index (χ3v) is 3.11. The minimum Gasteiger partial charge on any atom is -0.497 e. The SMILES string of the molecule is COc1ccc(N)c(OCc2cc(C)ccc2C)c1. The molecule has 0 aliphatic carbocycles. The second-order valence-electron chi connectivity index (χ2n) is 4.62. The van der Waals surface area contributed by atoms with Crippen molar-refractivity contribution in [2.24, 2.45) is 0 Å². The Balaban J connectivity index is 2.16. The van der Waals surface area contributed by atoms with E-state index >= 15 is 0 Å². The second-order valence-corrected chi connectivity index (χ2v) is 4.62. The van der Waals surface area contributed by atoms with Crippen LogP contribution in [0, 0.1) is 13.8 Å². The van der Waals surface area contributed by atoms with Crippen LogP contribution in [0.15, 0.2) is 36.4 Å². The van der Waals surface area contributed by atoms with E-state index in [1.807, 2.05) is 6.07 Å². The fraction of sp³-hybridized carbons (Fsp3) is 0.250. The predicted molar refractivity (Wildman–Crippen MR) is 77.7 cm³/mol. The van der Waals surface area contributed by atoms with Crippen molar-refractivity contribution in [2.75, 3.05) is 12.8 Å². The van der Waals surface area contributed by atoms with Crippen LogP contribution in [0.5, 0.6) is 11.5 Å². The first-order valence-corrected chi connectivity index (χ1v) is 6.22. The molecule has 2 aromatic rings. The minimum atomic E-state index is 0.505. The lowest BCUT2D eigenvalue weighted by molar-refractivity contribution is 0.304. The molecule has 0 radical (unpaired) electrons. The van der Waals surface area contributed by atoms with Crippen molar-refractivity contribution in [2.45, 2.75) is 20.5 Å². The minimum absolute atomic E-state index is 0.505. The lowest BCUT2D eigenvalue weighted by Gasteiger charge is -2.12. The van der Waals surface area contributed by atoms with Crippen LogP contribution >= 0.6 is 0 Å². The Labute approximate surface area is 114 Å². The smallest absolute Gasteiger partial charge is 0.146 e. The maximum absolute atomic E-state index is 5.90. The van der Waals surface area contributed by atoms with Crippen LogP contribution < -0.4 is 15.2 Å². The summed E-state index contributed by atoms with van der Waals surface area (Å²) in [4.78, 5) is 0. The Hall–Kier alpha value is -2.16. The van der Waals surface area contributed by atoms with Crippen LogP contribution in [0.3, 0.4) is 0 Å². The van der Waals surface area contributed by atoms with Gasteiger partial charge >= 0.3 is 0 Å². The Morgan fingerprint density at radius 2 is 1.84 bits per heavy atom. The van der Waals surface area contributed by atoms with Gasteiger partial charge in [0.1, 0.15) is 18.1 Å². The third-order valence-electron chi connectivity index (χ3n) is 3.11. The molecule has 2 N–H and O–H groups in total. The molecule has 0 saturated carbocycles. The van der Waals surface area contributed by atoms with Crippen LogP contribution in [0.1, 0.15) is 16.7 Å². The molecule has 0 bridgehead atoms. The molecule has 0 fully saturated rings. The van der Waals surface area contributed by atoms with E-state index in [9.17, 15) is 0 Å². The number of rotatable bonds is 4. The summed E-state index contributed by atoms with van der Waals surface area (Å²) in [5.74, 6) is 1.39. The van der Waals surface area contributed by atoms with Crippen LogP contribution in [-0.2, 0) is 6.61 Å². The van der Waals surface area contributed by atoms with Gasteiger partial charge in [-0.1, -0.05) is 23.8 Å². The van der Waals surface area contributed by atoms with Gasteiger partial charge in [0, 0.05) is 6.07 Å². The van der Waals surface area contributed by atoms with Crippen molar-refractivity contribution in [3.63, 3.8) is 0 Å².